The van der Waals surface area contributed by atoms with E-state index in [2.05, 4.69) is 21.2 Å². The van der Waals surface area contributed by atoms with E-state index in [0.717, 1.165) is 29.0 Å². The van der Waals surface area contributed by atoms with Crippen LogP contribution in [0.15, 0.2) is 22.7 Å². The molecule has 16 heavy (non-hydrogen) atoms. The summed E-state index contributed by atoms with van der Waals surface area (Å²) in [4.78, 5) is 10.2. The molecule has 1 N–H and O–H groups in total. The summed E-state index contributed by atoms with van der Waals surface area (Å²) in [5, 5.41) is 13.9. The number of nitrogens with one attached hydrogen (secondary N) is 1. The minimum atomic E-state index is -0.383. The Labute approximate surface area is 102 Å². The van der Waals surface area contributed by atoms with Crippen molar-refractivity contribution in [1.82, 2.24) is 5.32 Å². The topological polar surface area (TPSA) is 55.2 Å². The van der Waals surface area contributed by atoms with Gasteiger partial charge in [0.1, 0.15) is 0 Å². The minimum absolute atomic E-state index is 0.123. The fourth-order valence-electron chi connectivity index (χ4n) is 1.53. The zero-order valence-corrected chi connectivity index (χ0v) is 10.4. The van der Waals surface area contributed by atoms with E-state index in [0.29, 0.717) is 0 Å². The van der Waals surface area contributed by atoms with E-state index in [1.54, 1.807) is 18.2 Å². The zero-order valence-electron chi connectivity index (χ0n) is 8.78. The molecule has 0 amide bonds. The van der Waals surface area contributed by atoms with Crippen LogP contribution < -0.4 is 5.32 Å². The molecule has 86 valence electrons. The smallest absolute Gasteiger partial charge is 0.270 e. The van der Waals surface area contributed by atoms with E-state index in [9.17, 15) is 10.1 Å². The van der Waals surface area contributed by atoms with Gasteiger partial charge in [-0.3, -0.25) is 10.1 Å². The van der Waals surface area contributed by atoms with Crippen molar-refractivity contribution in [1.29, 1.82) is 0 Å². The van der Waals surface area contributed by atoms with Crippen molar-refractivity contribution >= 4 is 21.6 Å². The van der Waals surface area contributed by atoms with Gasteiger partial charge < -0.3 is 5.32 Å². The van der Waals surface area contributed by atoms with Crippen LogP contribution in [-0.4, -0.2) is 11.5 Å². The maximum Gasteiger partial charge on any atom is 0.270 e. The molecule has 0 aliphatic heterocycles. The fraction of sp³-hybridized carbons (Fsp3) is 0.455. The molecule has 0 aromatic heterocycles. The number of halogens is 1. The molecule has 5 heteroatoms. The zero-order chi connectivity index (χ0) is 11.5. The summed E-state index contributed by atoms with van der Waals surface area (Å²) >= 11 is 3.35. The number of benzene rings is 1. The van der Waals surface area contributed by atoms with Crippen molar-refractivity contribution in [2.75, 3.05) is 6.54 Å². The van der Waals surface area contributed by atoms with Gasteiger partial charge >= 0.3 is 0 Å². The third-order valence-electron chi connectivity index (χ3n) is 2.69. The second-order valence-electron chi connectivity index (χ2n) is 4.11. The Bertz CT molecular complexity index is 405. The van der Waals surface area contributed by atoms with Crippen LogP contribution >= 0.6 is 15.9 Å². The van der Waals surface area contributed by atoms with Crippen molar-refractivity contribution in [3.8, 4) is 0 Å². The van der Waals surface area contributed by atoms with Crippen LogP contribution in [0.25, 0.3) is 0 Å². The number of nitro groups is 1. The first kappa shape index (κ1) is 11.5. The molecule has 2 rings (SSSR count). The third kappa shape index (κ3) is 3.02. The van der Waals surface area contributed by atoms with Crippen LogP contribution in [0.3, 0.4) is 0 Å². The summed E-state index contributed by atoms with van der Waals surface area (Å²) in [5.41, 5.74) is 1.18. The van der Waals surface area contributed by atoms with Crippen LogP contribution in [0.2, 0.25) is 0 Å². The second kappa shape index (κ2) is 4.93. The monoisotopic (exact) mass is 284 g/mol. The molecule has 1 fully saturated rings. The molecular weight excluding hydrogens is 272 g/mol. The Hall–Kier alpha value is -0.940. The van der Waals surface area contributed by atoms with Gasteiger partial charge in [-0.1, -0.05) is 15.9 Å². The van der Waals surface area contributed by atoms with Gasteiger partial charge in [-0.05, 0) is 36.9 Å². The van der Waals surface area contributed by atoms with E-state index in [-0.39, 0.29) is 10.6 Å². The van der Waals surface area contributed by atoms with Gasteiger partial charge in [0.05, 0.1) is 4.92 Å². The maximum atomic E-state index is 10.5. The van der Waals surface area contributed by atoms with Gasteiger partial charge in [0.2, 0.25) is 0 Å². The molecule has 1 aromatic carbocycles. The minimum Gasteiger partial charge on any atom is -0.312 e. The van der Waals surface area contributed by atoms with E-state index in [4.69, 9.17) is 0 Å². The molecule has 0 atom stereocenters. The molecule has 1 aromatic rings. The Balaban J connectivity index is 1.95. The lowest BCUT2D eigenvalue weighted by Gasteiger charge is -2.05. The van der Waals surface area contributed by atoms with Crippen molar-refractivity contribution in [3.63, 3.8) is 0 Å². The van der Waals surface area contributed by atoms with Crippen molar-refractivity contribution in [3.05, 3.63) is 38.3 Å². The molecule has 0 bridgehead atoms. The highest BCUT2D eigenvalue weighted by molar-refractivity contribution is 9.10. The summed E-state index contributed by atoms with van der Waals surface area (Å²) in [6.07, 6.45) is 2.66. The molecule has 4 nitrogen and oxygen atoms in total. The normalized spacial score (nSPS) is 15.1. The highest BCUT2D eigenvalue weighted by atomic mass is 79.9. The first-order valence-corrected chi connectivity index (χ1v) is 6.09. The quantitative estimate of drug-likeness (QED) is 0.668. The van der Waals surface area contributed by atoms with E-state index >= 15 is 0 Å². The molecule has 0 saturated heterocycles. The Morgan fingerprint density at radius 2 is 2.25 bits per heavy atom. The highest BCUT2D eigenvalue weighted by Crippen LogP contribution is 2.28. The second-order valence-corrected chi connectivity index (χ2v) is 4.96. The molecule has 1 aliphatic carbocycles. The number of non-ortho nitro benzene ring substituents is 1. The van der Waals surface area contributed by atoms with Crippen LogP contribution in [0.5, 0.6) is 0 Å². The predicted molar refractivity (Wildman–Crippen MR) is 65.2 cm³/mol. The molecular formula is C11H13BrN2O2. The predicted octanol–water partition coefficient (Wildman–Crippen LogP) is 2.86. The SMILES string of the molecule is O=[N+]([O-])c1ccc(CNCC2CC2)c(Br)c1. The molecule has 0 spiro atoms. The van der Waals surface area contributed by atoms with E-state index in [1.807, 2.05) is 0 Å². The van der Waals surface area contributed by atoms with Gasteiger partial charge in [0.15, 0.2) is 0 Å². The summed E-state index contributed by atoms with van der Waals surface area (Å²) in [6.45, 7) is 1.80. The van der Waals surface area contributed by atoms with Crippen molar-refractivity contribution < 1.29 is 4.92 Å². The van der Waals surface area contributed by atoms with Crippen molar-refractivity contribution in [2.45, 2.75) is 19.4 Å². The van der Waals surface area contributed by atoms with E-state index < -0.39 is 0 Å². The third-order valence-corrected chi connectivity index (χ3v) is 3.43. The molecule has 0 radical (unpaired) electrons. The summed E-state index contributed by atoms with van der Waals surface area (Å²) in [6, 6.07) is 4.88. The van der Waals surface area contributed by atoms with Gasteiger partial charge in [-0.15, -0.1) is 0 Å². The highest BCUT2D eigenvalue weighted by Gasteiger charge is 2.20. The standard InChI is InChI=1S/C11H13BrN2O2/c12-11-5-10(14(15)16)4-3-9(11)7-13-6-8-1-2-8/h3-5,8,13H,1-2,6-7H2. The van der Waals surface area contributed by atoms with Gasteiger partial charge in [0, 0.05) is 23.2 Å². The van der Waals surface area contributed by atoms with Gasteiger partial charge in [-0.2, -0.15) is 0 Å². The van der Waals surface area contributed by atoms with Gasteiger partial charge in [0.25, 0.3) is 5.69 Å². The van der Waals surface area contributed by atoms with Gasteiger partial charge in [-0.25, -0.2) is 0 Å². The van der Waals surface area contributed by atoms with Crippen LogP contribution in [0.4, 0.5) is 5.69 Å². The number of hydrogen-bond acceptors (Lipinski definition) is 3. The molecule has 0 heterocycles. The molecule has 0 unspecified atom stereocenters. The lowest BCUT2D eigenvalue weighted by atomic mass is 10.2. The number of hydrogen-bond donors (Lipinski definition) is 1. The Kier molecular flexibility index (Phi) is 3.56. The first-order valence-electron chi connectivity index (χ1n) is 5.30. The Morgan fingerprint density at radius 3 is 2.81 bits per heavy atom. The Morgan fingerprint density at radius 1 is 1.50 bits per heavy atom. The van der Waals surface area contributed by atoms with Crippen LogP contribution in [0.1, 0.15) is 18.4 Å². The number of rotatable bonds is 5. The van der Waals surface area contributed by atoms with Crippen LogP contribution in [-0.2, 0) is 6.54 Å². The lowest BCUT2D eigenvalue weighted by Crippen LogP contribution is -2.16. The first-order chi connectivity index (χ1) is 7.66. The van der Waals surface area contributed by atoms with E-state index in [1.165, 1.54) is 12.8 Å². The number of nitrogens with zero attached hydrogens (tertiary/aromatic N) is 1. The molecule has 1 aliphatic rings. The maximum absolute atomic E-state index is 10.5. The largest absolute Gasteiger partial charge is 0.312 e. The average molecular weight is 285 g/mol. The van der Waals surface area contributed by atoms with Crippen LogP contribution in [0, 0.1) is 16.0 Å². The fourth-order valence-corrected chi connectivity index (χ4v) is 2.03. The number of nitro benzene ring substituents is 1. The summed E-state index contributed by atoms with van der Waals surface area (Å²) in [7, 11) is 0. The summed E-state index contributed by atoms with van der Waals surface area (Å²) in [5.74, 6) is 0.844. The average Bonchev–Trinajstić information content (AvgIpc) is 3.04. The summed E-state index contributed by atoms with van der Waals surface area (Å²) < 4.78 is 0.796. The lowest BCUT2D eigenvalue weighted by molar-refractivity contribution is -0.384. The van der Waals surface area contributed by atoms with Crippen molar-refractivity contribution in [2.24, 2.45) is 5.92 Å². The molecule has 1 saturated carbocycles.